The maximum absolute atomic E-state index is 11.8. The Bertz CT molecular complexity index is 693. The first-order chi connectivity index (χ1) is 12.9. The first-order valence-electron chi connectivity index (χ1n) is 8.75. The van der Waals surface area contributed by atoms with Crippen molar-refractivity contribution >= 4 is 29.2 Å². The van der Waals surface area contributed by atoms with Gasteiger partial charge in [-0.1, -0.05) is 23.2 Å². The Balaban J connectivity index is 1.64. The number of halogens is 2. The van der Waals surface area contributed by atoms with Gasteiger partial charge in [0.15, 0.2) is 17.3 Å². The number of aliphatic hydroxyl groups is 1. The van der Waals surface area contributed by atoms with Gasteiger partial charge in [-0.25, -0.2) is 4.79 Å². The van der Waals surface area contributed by atoms with Crippen LogP contribution in [-0.2, 0) is 14.2 Å². The topological polar surface area (TPSA) is 94.5 Å². The van der Waals surface area contributed by atoms with Gasteiger partial charge in [0.25, 0.3) is 0 Å². The molecule has 2 aliphatic rings. The van der Waals surface area contributed by atoms with E-state index in [-0.39, 0.29) is 33.9 Å². The van der Waals surface area contributed by atoms with E-state index in [1.54, 1.807) is 0 Å². The van der Waals surface area contributed by atoms with Gasteiger partial charge in [0.05, 0.1) is 37.0 Å². The largest absolute Gasteiger partial charge is 0.503 e. The molecule has 9 heteroatoms. The second-order valence-corrected chi connectivity index (χ2v) is 7.50. The molecule has 2 N–H and O–H groups in total. The molecule has 3 rings (SSSR count). The summed E-state index contributed by atoms with van der Waals surface area (Å²) in [6.45, 7) is 1.10. The van der Waals surface area contributed by atoms with Crippen LogP contribution in [0.25, 0.3) is 0 Å². The molecule has 1 unspecified atom stereocenters. The van der Waals surface area contributed by atoms with Crippen molar-refractivity contribution < 1.29 is 34.0 Å². The molecule has 27 heavy (non-hydrogen) atoms. The fraction of sp³-hybridized carbons (Fsp3) is 0.611. The number of phenolic OH excluding ortho intramolecular Hbond substituents is 1. The third kappa shape index (κ3) is 4.27. The standard InChI is InChI=1S/C18H22Cl2O7/c1-24-17(23)11-8-12(19)15(22)16(14(11)20)25-9-13(21)10-2-4-18(5-3-10)26-6-7-27-18/h8,10,13,21-22H,2-7,9H2,1H3. The molecule has 1 aliphatic carbocycles. The predicted molar refractivity (Wildman–Crippen MR) is 97.6 cm³/mol. The first kappa shape index (κ1) is 20.5. The summed E-state index contributed by atoms with van der Waals surface area (Å²) in [7, 11) is 1.21. The van der Waals surface area contributed by atoms with Crippen LogP contribution in [-0.4, -0.2) is 55.0 Å². The van der Waals surface area contributed by atoms with E-state index >= 15 is 0 Å². The number of benzene rings is 1. The van der Waals surface area contributed by atoms with Gasteiger partial charge >= 0.3 is 5.97 Å². The molecule has 2 fully saturated rings. The fourth-order valence-electron chi connectivity index (χ4n) is 3.54. The minimum absolute atomic E-state index is 0.00334. The third-order valence-electron chi connectivity index (χ3n) is 5.10. The number of phenols is 1. The summed E-state index contributed by atoms with van der Waals surface area (Å²) in [5.74, 6) is -1.75. The van der Waals surface area contributed by atoms with E-state index in [0.29, 0.717) is 26.1 Å². The summed E-state index contributed by atoms with van der Waals surface area (Å²) in [5, 5.41) is 20.4. The zero-order valence-corrected chi connectivity index (χ0v) is 16.4. The molecule has 0 amide bonds. The number of rotatable bonds is 5. The molecule has 0 radical (unpaired) electrons. The number of aromatic hydroxyl groups is 1. The van der Waals surface area contributed by atoms with Crippen molar-refractivity contribution in [3.63, 3.8) is 0 Å². The van der Waals surface area contributed by atoms with Crippen molar-refractivity contribution in [1.29, 1.82) is 0 Å². The second-order valence-electron chi connectivity index (χ2n) is 6.71. The highest BCUT2D eigenvalue weighted by atomic mass is 35.5. The summed E-state index contributed by atoms with van der Waals surface area (Å²) in [4.78, 5) is 11.8. The average molecular weight is 421 g/mol. The van der Waals surface area contributed by atoms with Crippen LogP contribution in [0.5, 0.6) is 11.5 Å². The number of esters is 1. The summed E-state index contributed by atoms with van der Waals surface area (Å²) in [5.41, 5.74) is -0.0263. The normalized spacial score (nSPS) is 20.6. The van der Waals surface area contributed by atoms with E-state index in [9.17, 15) is 15.0 Å². The lowest BCUT2D eigenvalue weighted by Gasteiger charge is -2.37. The van der Waals surface area contributed by atoms with E-state index in [1.165, 1.54) is 13.2 Å². The van der Waals surface area contributed by atoms with Crippen LogP contribution >= 0.6 is 23.2 Å². The SMILES string of the molecule is COC(=O)c1cc(Cl)c(O)c(OCC(O)C2CCC3(CC2)OCCO3)c1Cl. The van der Waals surface area contributed by atoms with Crippen molar-refractivity contribution in [2.75, 3.05) is 26.9 Å². The van der Waals surface area contributed by atoms with Crippen molar-refractivity contribution in [2.45, 2.75) is 37.6 Å². The summed E-state index contributed by atoms with van der Waals surface area (Å²) >= 11 is 12.1. The van der Waals surface area contributed by atoms with Crippen LogP contribution in [0.4, 0.5) is 0 Å². The fourth-order valence-corrected chi connectivity index (χ4v) is 4.01. The van der Waals surface area contributed by atoms with Crippen molar-refractivity contribution in [2.24, 2.45) is 5.92 Å². The lowest BCUT2D eigenvalue weighted by atomic mass is 9.82. The molecule has 1 atom stereocenters. The summed E-state index contributed by atoms with van der Waals surface area (Å²) in [6, 6.07) is 1.20. The quantitative estimate of drug-likeness (QED) is 0.706. The van der Waals surface area contributed by atoms with Crippen molar-refractivity contribution in [3.05, 3.63) is 21.7 Å². The van der Waals surface area contributed by atoms with Gasteiger partial charge < -0.3 is 29.2 Å². The lowest BCUT2D eigenvalue weighted by molar-refractivity contribution is -0.187. The highest BCUT2D eigenvalue weighted by Gasteiger charge is 2.41. The van der Waals surface area contributed by atoms with E-state index in [0.717, 1.165) is 12.8 Å². The molecule has 1 spiro atoms. The van der Waals surface area contributed by atoms with Crippen LogP contribution in [0, 0.1) is 5.92 Å². The molecular formula is C18H22Cl2O7. The van der Waals surface area contributed by atoms with Gasteiger partial charge in [0.1, 0.15) is 11.6 Å². The zero-order valence-electron chi connectivity index (χ0n) is 14.9. The van der Waals surface area contributed by atoms with Crippen LogP contribution < -0.4 is 4.74 Å². The minimum atomic E-state index is -0.778. The highest BCUT2D eigenvalue weighted by molar-refractivity contribution is 6.38. The predicted octanol–water partition coefficient (Wildman–Crippen LogP) is 3.16. The molecule has 1 aromatic carbocycles. The van der Waals surface area contributed by atoms with Gasteiger partial charge in [0.2, 0.25) is 0 Å². The molecule has 150 valence electrons. The molecule has 1 saturated heterocycles. The van der Waals surface area contributed by atoms with Gasteiger partial charge in [-0.05, 0) is 24.8 Å². The summed E-state index contributed by atoms with van der Waals surface area (Å²) < 4.78 is 21.5. The number of ether oxygens (including phenoxy) is 4. The molecule has 0 aromatic heterocycles. The molecule has 1 aliphatic heterocycles. The van der Waals surface area contributed by atoms with Gasteiger partial charge in [0, 0.05) is 12.8 Å². The molecule has 1 heterocycles. The molecule has 1 aromatic rings. The van der Waals surface area contributed by atoms with Crippen LogP contribution in [0.1, 0.15) is 36.0 Å². The Morgan fingerprint density at radius 2 is 1.96 bits per heavy atom. The van der Waals surface area contributed by atoms with E-state index in [2.05, 4.69) is 4.74 Å². The Morgan fingerprint density at radius 3 is 2.56 bits per heavy atom. The van der Waals surface area contributed by atoms with E-state index in [1.807, 2.05) is 0 Å². The Labute approximate surface area is 167 Å². The Morgan fingerprint density at radius 1 is 1.33 bits per heavy atom. The maximum Gasteiger partial charge on any atom is 0.339 e. The number of hydrogen-bond acceptors (Lipinski definition) is 7. The van der Waals surface area contributed by atoms with Gasteiger partial charge in [-0.2, -0.15) is 0 Å². The molecular weight excluding hydrogens is 399 g/mol. The highest BCUT2D eigenvalue weighted by Crippen LogP contribution is 2.43. The molecule has 0 bridgehead atoms. The van der Waals surface area contributed by atoms with Crippen LogP contribution in [0.2, 0.25) is 10.0 Å². The Hall–Kier alpha value is -1.25. The molecule has 1 saturated carbocycles. The Kier molecular flexibility index (Phi) is 6.38. The van der Waals surface area contributed by atoms with E-state index in [4.69, 9.17) is 37.4 Å². The average Bonchev–Trinajstić information content (AvgIpc) is 3.12. The zero-order chi connectivity index (χ0) is 19.6. The second kappa shape index (κ2) is 8.41. The number of carbonyl (C=O) groups excluding carboxylic acids is 1. The number of hydrogen-bond donors (Lipinski definition) is 2. The lowest BCUT2D eigenvalue weighted by Crippen LogP contribution is -2.39. The van der Waals surface area contributed by atoms with Crippen LogP contribution in [0.15, 0.2) is 6.07 Å². The number of methoxy groups -OCH3 is 1. The third-order valence-corrected chi connectivity index (χ3v) is 5.77. The van der Waals surface area contributed by atoms with Gasteiger partial charge in [-0.15, -0.1) is 0 Å². The van der Waals surface area contributed by atoms with E-state index < -0.39 is 23.6 Å². The summed E-state index contributed by atoms with van der Waals surface area (Å²) in [6.07, 6.45) is 2.11. The minimum Gasteiger partial charge on any atom is -0.503 e. The maximum atomic E-state index is 11.8. The van der Waals surface area contributed by atoms with Crippen molar-refractivity contribution in [1.82, 2.24) is 0 Å². The van der Waals surface area contributed by atoms with Crippen LogP contribution in [0.3, 0.4) is 0 Å². The van der Waals surface area contributed by atoms with Gasteiger partial charge in [-0.3, -0.25) is 0 Å². The monoisotopic (exact) mass is 420 g/mol. The van der Waals surface area contributed by atoms with Crippen molar-refractivity contribution in [3.8, 4) is 11.5 Å². The number of aliphatic hydroxyl groups excluding tert-OH is 1. The smallest absolute Gasteiger partial charge is 0.339 e. The number of carbonyl (C=O) groups is 1. The molecule has 7 nitrogen and oxygen atoms in total. The first-order valence-corrected chi connectivity index (χ1v) is 9.50.